The summed E-state index contributed by atoms with van der Waals surface area (Å²) in [5.41, 5.74) is 0.588. The summed E-state index contributed by atoms with van der Waals surface area (Å²) in [7, 11) is 0. The van der Waals surface area contributed by atoms with Gasteiger partial charge in [0.2, 0.25) is 0 Å². The minimum atomic E-state index is -0.314. The van der Waals surface area contributed by atoms with Crippen LogP contribution in [0.2, 0.25) is 0 Å². The van der Waals surface area contributed by atoms with Gasteiger partial charge >= 0.3 is 6.03 Å². The second kappa shape index (κ2) is 4.94. The Kier molecular flexibility index (Phi) is 3.36. The van der Waals surface area contributed by atoms with Crippen LogP contribution >= 0.6 is 0 Å². The maximum absolute atomic E-state index is 12.6. The molecule has 86 valence electrons. The molecule has 2 rings (SSSR count). The summed E-state index contributed by atoms with van der Waals surface area (Å²) in [4.78, 5) is 11.5. The van der Waals surface area contributed by atoms with Gasteiger partial charge in [0.15, 0.2) is 0 Å². The van der Waals surface area contributed by atoms with Crippen LogP contribution in [-0.2, 0) is 0 Å². The molecule has 5 heteroatoms. The smallest absolute Gasteiger partial charge is 0.319 e. The summed E-state index contributed by atoms with van der Waals surface area (Å²) in [6.07, 6.45) is 0.941. The Labute approximate surface area is 93.2 Å². The Hall–Kier alpha value is -1.62. The molecule has 1 heterocycles. The first-order valence-corrected chi connectivity index (χ1v) is 5.28. The Morgan fingerprint density at radius 1 is 1.38 bits per heavy atom. The van der Waals surface area contributed by atoms with E-state index in [1.165, 1.54) is 24.3 Å². The highest BCUT2D eigenvalue weighted by Gasteiger charge is 2.16. The van der Waals surface area contributed by atoms with Crippen molar-refractivity contribution in [3.05, 3.63) is 30.1 Å². The van der Waals surface area contributed by atoms with E-state index in [1.807, 2.05) is 0 Å². The molecule has 0 aliphatic carbocycles. The number of amides is 2. The van der Waals surface area contributed by atoms with Gasteiger partial charge in [-0.1, -0.05) is 0 Å². The fourth-order valence-corrected chi connectivity index (χ4v) is 1.66. The maximum atomic E-state index is 12.6. The number of carbonyl (C=O) groups is 1. The average Bonchev–Trinajstić information content (AvgIpc) is 2.74. The van der Waals surface area contributed by atoms with Gasteiger partial charge in [0.25, 0.3) is 0 Å². The van der Waals surface area contributed by atoms with Gasteiger partial charge in [-0.15, -0.1) is 0 Å². The predicted molar refractivity (Wildman–Crippen MR) is 59.8 cm³/mol. The van der Waals surface area contributed by atoms with E-state index in [-0.39, 0.29) is 17.9 Å². The van der Waals surface area contributed by atoms with Crippen molar-refractivity contribution in [3.8, 4) is 0 Å². The van der Waals surface area contributed by atoms with Gasteiger partial charge in [-0.2, -0.15) is 0 Å². The first-order valence-electron chi connectivity index (χ1n) is 5.28. The molecule has 1 aliphatic rings. The third-order valence-electron chi connectivity index (χ3n) is 2.50. The number of anilines is 1. The van der Waals surface area contributed by atoms with E-state index in [0.29, 0.717) is 5.69 Å². The van der Waals surface area contributed by atoms with E-state index in [4.69, 9.17) is 0 Å². The fraction of sp³-hybridized carbons (Fsp3) is 0.364. The average molecular weight is 223 g/mol. The standard InChI is InChI=1S/C11H14FN3O/c12-8-1-3-9(4-2-8)14-11(16)15-10-5-6-13-7-10/h1-4,10,13H,5-7H2,(H2,14,15,16)/t10-/m0/s1. The molecule has 16 heavy (non-hydrogen) atoms. The van der Waals surface area contributed by atoms with Crippen LogP contribution < -0.4 is 16.0 Å². The molecule has 2 amide bonds. The summed E-state index contributed by atoms with van der Waals surface area (Å²) < 4.78 is 12.6. The zero-order chi connectivity index (χ0) is 11.4. The van der Waals surface area contributed by atoms with E-state index in [0.717, 1.165) is 19.5 Å². The second-order valence-corrected chi connectivity index (χ2v) is 3.80. The summed E-state index contributed by atoms with van der Waals surface area (Å²) in [5, 5.41) is 8.64. The highest BCUT2D eigenvalue weighted by molar-refractivity contribution is 5.89. The molecule has 0 unspecified atom stereocenters. The van der Waals surface area contributed by atoms with Crippen molar-refractivity contribution in [1.82, 2.24) is 10.6 Å². The Morgan fingerprint density at radius 3 is 2.75 bits per heavy atom. The fourth-order valence-electron chi connectivity index (χ4n) is 1.66. The van der Waals surface area contributed by atoms with Crippen LogP contribution in [0.1, 0.15) is 6.42 Å². The van der Waals surface area contributed by atoms with Gasteiger partial charge < -0.3 is 16.0 Å². The number of hydrogen-bond donors (Lipinski definition) is 3. The molecular weight excluding hydrogens is 209 g/mol. The molecule has 4 nitrogen and oxygen atoms in total. The maximum Gasteiger partial charge on any atom is 0.319 e. The van der Waals surface area contributed by atoms with E-state index in [9.17, 15) is 9.18 Å². The number of nitrogens with one attached hydrogen (secondary N) is 3. The number of benzene rings is 1. The zero-order valence-electron chi connectivity index (χ0n) is 8.79. The lowest BCUT2D eigenvalue weighted by molar-refractivity contribution is 0.249. The van der Waals surface area contributed by atoms with Gasteiger partial charge in [-0.3, -0.25) is 0 Å². The monoisotopic (exact) mass is 223 g/mol. The summed E-state index contributed by atoms with van der Waals surface area (Å²) in [6, 6.07) is 5.61. The van der Waals surface area contributed by atoms with Crippen molar-refractivity contribution in [1.29, 1.82) is 0 Å². The highest BCUT2D eigenvalue weighted by Crippen LogP contribution is 2.08. The predicted octanol–water partition coefficient (Wildman–Crippen LogP) is 1.31. The van der Waals surface area contributed by atoms with Crippen LogP contribution in [-0.4, -0.2) is 25.2 Å². The van der Waals surface area contributed by atoms with Crippen molar-refractivity contribution in [2.75, 3.05) is 18.4 Å². The number of urea groups is 1. The van der Waals surface area contributed by atoms with Crippen LogP contribution in [0.15, 0.2) is 24.3 Å². The van der Waals surface area contributed by atoms with E-state index < -0.39 is 0 Å². The van der Waals surface area contributed by atoms with Crippen LogP contribution in [0.5, 0.6) is 0 Å². The highest BCUT2D eigenvalue weighted by atomic mass is 19.1. The lowest BCUT2D eigenvalue weighted by Crippen LogP contribution is -2.39. The normalized spacial score (nSPS) is 19.4. The summed E-state index contributed by atoms with van der Waals surface area (Å²) >= 11 is 0. The van der Waals surface area contributed by atoms with Crippen molar-refractivity contribution in [2.45, 2.75) is 12.5 Å². The lowest BCUT2D eigenvalue weighted by Gasteiger charge is -2.12. The zero-order valence-corrected chi connectivity index (χ0v) is 8.79. The molecule has 1 aliphatic heterocycles. The second-order valence-electron chi connectivity index (χ2n) is 3.80. The van der Waals surface area contributed by atoms with Crippen LogP contribution in [0.3, 0.4) is 0 Å². The quantitative estimate of drug-likeness (QED) is 0.708. The third-order valence-corrected chi connectivity index (χ3v) is 2.50. The molecule has 1 saturated heterocycles. The first-order chi connectivity index (χ1) is 7.74. The van der Waals surface area contributed by atoms with Crippen molar-refractivity contribution in [3.63, 3.8) is 0 Å². The van der Waals surface area contributed by atoms with Gasteiger partial charge in [-0.25, -0.2) is 9.18 Å². The minimum Gasteiger partial charge on any atom is -0.334 e. The Balaban J connectivity index is 1.84. The number of hydrogen-bond acceptors (Lipinski definition) is 2. The molecule has 3 N–H and O–H groups in total. The third kappa shape index (κ3) is 2.93. The lowest BCUT2D eigenvalue weighted by atomic mass is 10.3. The number of carbonyl (C=O) groups excluding carboxylic acids is 1. The van der Waals surface area contributed by atoms with E-state index in [2.05, 4.69) is 16.0 Å². The van der Waals surface area contributed by atoms with Gasteiger partial charge in [0.05, 0.1) is 0 Å². The molecule has 1 aromatic carbocycles. The molecular formula is C11H14FN3O. The molecule has 0 radical (unpaired) electrons. The molecule has 1 fully saturated rings. The van der Waals surface area contributed by atoms with Crippen LogP contribution in [0, 0.1) is 5.82 Å². The molecule has 1 aromatic rings. The Morgan fingerprint density at radius 2 is 2.12 bits per heavy atom. The number of halogens is 1. The van der Waals surface area contributed by atoms with E-state index in [1.54, 1.807) is 0 Å². The Bertz CT molecular complexity index is 360. The van der Waals surface area contributed by atoms with Gasteiger partial charge in [0, 0.05) is 18.3 Å². The topological polar surface area (TPSA) is 53.2 Å². The van der Waals surface area contributed by atoms with Crippen molar-refractivity contribution >= 4 is 11.7 Å². The van der Waals surface area contributed by atoms with Gasteiger partial charge in [-0.05, 0) is 37.2 Å². The number of rotatable bonds is 2. The summed E-state index contributed by atoms with van der Waals surface area (Å²) in [5.74, 6) is -0.314. The molecule has 1 atom stereocenters. The van der Waals surface area contributed by atoms with Crippen LogP contribution in [0.25, 0.3) is 0 Å². The summed E-state index contributed by atoms with van der Waals surface area (Å²) in [6.45, 7) is 1.73. The molecule has 0 saturated carbocycles. The van der Waals surface area contributed by atoms with E-state index >= 15 is 0 Å². The van der Waals surface area contributed by atoms with Crippen LogP contribution in [0.4, 0.5) is 14.9 Å². The van der Waals surface area contributed by atoms with Crippen molar-refractivity contribution < 1.29 is 9.18 Å². The SMILES string of the molecule is O=C(Nc1ccc(F)cc1)N[C@H]1CCNC1. The molecule has 0 spiro atoms. The molecule has 0 bridgehead atoms. The van der Waals surface area contributed by atoms with Crippen molar-refractivity contribution in [2.24, 2.45) is 0 Å². The van der Waals surface area contributed by atoms with Gasteiger partial charge in [0.1, 0.15) is 5.82 Å². The largest absolute Gasteiger partial charge is 0.334 e. The first kappa shape index (κ1) is 10.9. The minimum absolute atomic E-state index is 0.181. The molecule has 0 aromatic heterocycles.